The van der Waals surface area contributed by atoms with Crippen LogP contribution in [-0.4, -0.2) is 76.7 Å². The Bertz CT molecular complexity index is 465. The van der Waals surface area contributed by atoms with Crippen LogP contribution in [0.3, 0.4) is 0 Å². The van der Waals surface area contributed by atoms with Crippen LogP contribution in [0.2, 0.25) is 0 Å². The summed E-state index contributed by atoms with van der Waals surface area (Å²) in [4.78, 5) is 30.9. The average molecular weight is 267 g/mol. The van der Waals surface area contributed by atoms with Gasteiger partial charge >= 0.3 is 5.97 Å². The van der Waals surface area contributed by atoms with Gasteiger partial charge in [0.15, 0.2) is 0 Å². The lowest BCUT2D eigenvalue weighted by atomic mass is 10.3. The third-order valence-corrected chi connectivity index (χ3v) is 3.03. The van der Waals surface area contributed by atoms with Gasteiger partial charge in [-0.3, -0.25) is 19.6 Å². The van der Waals surface area contributed by atoms with Crippen molar-refractivity contribution in [2.24, 2.45) is 0 Å². The summed E-state index contributed by atoms with van der Waals surface area (Å²) in [6.45, 7) is 4.41. The number of rotatable bonds is 3. The molecular weight excluding hydrogens is 250 g/mol. The Hall–Kier alpha value is -1.96. The molecule has 1 fully saturated rings. The number of nitrogens with zero attached hydrogens (tertiary/aromatic N) is 4. The zero-order valence-electron chi connectivity index (χ0n) is 11.0. The molecule has 1 aliphatic heterocycles. The topological polar surface area (TPSA) is 91.4 Å². The molecule has 104 valence electrons. The molecule has 1 aromatic rings. The van der Waals surface area contributed by atoms with Gasteiger partial charge < -0.3 is 9.64 Å². The molecule has 1 aromatic heterocycles. The molecule has 0 radical (unpaired) electrons. The molecule has 0 atom stereocenters. The number of carbonyl (C=O) groups is 2. The molecule has 0 unspecified atom stereocenters. The van der Waals surface area contributed by atoms with Gasteiger partial charge in [0.2, 0.25) is 5.82 Å². The summed E-state index contributed by atoms with van der Waals surface area (Å²) >= 11 is 0. The highest BCUT2D eigenvalue weighted by Gasteiger charge is 2.25. The lowest BCUT2D eigenvalue weighted by Gasteiger charge is -2.33. The first kappa shape index (κ1) is 13.5. The second-order valence-corrected chi connectivity index (χ2v) is 4.39. The fourth-order valence-electron chi connectivity index (χ4n) is 1.94. The fourth-order valence-corrected chi connectivity index (χ4v) is 1.94. The van der Waals surface area contributed by atoms with E-state index in [9.17, 15) is 9.59 Å². The van der Waals surface area contributed by atoms with Crippen molar-refractivity contribution in [2.75, 3.05) is 39.8 Å². The number of piperazine rings is 1. The minimum absolute atomic E-state index is 0.179. The van der Waals surface area contributed by atoms with Crippen molar-refractivity contribution in [1.82, 2.24) is 25.0 Å². The van der Waals surface area contributed by atoms with Crippen molar-refractivity contribution >= 4 is 11.9 Å². The quantitative estimate of drug-likeness (QED) is 0.710. The second-order valence-electron chi connectivity index (χ2n) is 4.39. The van der Waals surface area contributed by atoms with E-state index in [-0.39, 0.29) is 24.2 Å². The van der Waals surface area contributed by atoms with E-state index in [4.69, 9.17) is 0 Å². The van der Waals surface area contributed by atoms with Gasteiger partial charge in [0, 0.05) is 26.2 Å². The van der Waals surface area contributed by atoms with E-state index in [0.717, 1.165) is 0 Å². The maximum Gasteiger partial charge on any atom is 0.319 e. The van der Waals surface area contributed by atoms with Crippen molar-refractivity contribution in [1.29, 1.82) is 0 Å². The van der Waals surface area contributed by atoms with Crippen LogP contribution < -0.4 is 0 Å². The van der Waals surface area contributed by atoms with Crippen molar-refractivity contribution in [2.45, 2.75) is 6.92 Å². The number of aryl methyl sites for hydroxylation is 1. The molecule has 0 bridgehead atoms. The third-order valence-electron chi connectivity index (χ3n) is 3.03. The van der Waals surface area contributed by atoms with Crippen LogP contribution in [0.25, 0.3) is 0 Å². The Morgan fingerprint density at radius 3 is 2.53 bits per heavy atom. The summed E-state index contributed by atoms with van der Waals surface area (Å²) in [5.74, 6) is 0.373. The van der Waals surface area contributed by atoms with Crippen LogP contribution in [-0.2, 0) is 9.53 Å². The molecule has 0 aliphatic carbocycles. The second kappa shape index (κ2) is 5.79. The average Bonchev–Trinajstić information content (AvgIpc) is 2.85. The largest absolute Gasteiger partial charge is 0.468 e. The van der Waals surface area contributed by atoms with E-state index in [0.29, 0.717) is 32.0 Å². The number of carbonyl (C=O) groups excluding carboxylic acids is 2. The van der Waals surface area contributed by atoms with Gasteiger partial charge in [-0.25, -0.2) is 4.98 Å². The fraction of sp³-hybridized carbons (Fsp3) is 0.636. The van der Waals surface area contributed by atoms with Gasteiger partial charge in [-0.2, -0.15) is 0 Å². The predicted molar refractivity (Wildman–Crippen MR) is 65.5 cm³/mol. The molecule has 1 saturated heterocycles. The lowest BCUT2D eigenvalue weighted by molar-refractivity contribution is -0.142. The van der Waals surface area contributed by atoms with Crippen LogP contribution in [0.15, 0.2) is 0 Å². The smallest absolute Gasteiger partial charge is 0.319 e. The summed E-state index contributed by atoms with van der Waals surface area (Å²) in [6.07, 6.45) is 0. The minimum Gasteiger partial charge on any atom is -0.468 e. The number of aromatic nitrogens is 3. The number of ether oxygens (including phenoxy) is 1. The maximum atomic E-state index is 12.1. The molecule has 0 saturated carbocycles. The first-order valence-corrected chi connectivity index (χ1v) is 6.07. The van der Waals surface area contributed by atoms with Crippen LogP contribution in [0, 0.1) is 6.92 Å². The number of nitrogens with one attached hydrogen (secondary N) is 1. The van der Waals surface area contributed by atoms with Gasteiger partial charge in [0.05, 0.1) is 13.7 Å². The van der Waals surface area contributed by atoms with E-state index in [1.54, 1.807) is 11.8 Å². The van der Waals surface area contributed by atoms with Crippen molar-refractivity contribution in [3.8, 4) is 0 Å². The van der Waals surface area contributed by atoms with Crippen molar-refractivity contribution in [3.05, 3.63) is 11.6 Å². The van der Waals surface area contributed by atoms with Crippen molar-refractivity contribution < 1.29 is 14.3 Å². The van der Waals surface area contributed by atoms with Gasteiger partial charge in [-0.05, 0) is 6.92 Å². The molecule has 2 rings (SSSR count). The van der Waals surface area contributed by atoms with Gasteiger partial charge in [-0.1, -0.05) is 0 Å². The maximum absolute atomic E-state index is 12.1. The summed E-state index contributed by atoms with van der Waals surface area (Å²) in [6, 6.07) is 0. The molecule has 1 amide bonds. The number of amides is 1. The number of methoxy groups -OCH3 is 1. The molecule has 0 aromatic carbocycles. The number of aromatic amines is 1. The van der Waals surface area contributed by atoms with Gasteiger partial charge in [-0.15, -0.1) is 5.10 Å². The summed E-state index contributed by atoms with van der Waals surface area (Å²) in [5, 5.41) is 6.51. The highest BCUT2D eigenvalue weighted by Crippen LogP contribution is 2.06. The van der Waals surface area contributed by atoms with Crippen LogP contribution in [0.1, 0.15) is 16.4 Å². The van der Waals surface area contributed by atoms with E-state index in [1.807, 2.05) is 4.90 Å². The van der Waals surface area contributed by atoms with Crippen LogP contribution >= 0.6 is 0 Å². The number of esters is 1. The Labute approximate surface area is 110 Å². The highest BCUT2D eigenvalue weighted by molar-refractivity contribution is 5.90. The predicted octanol–water partition coefficient (Wildman–Crippen LogP) is -0.956. The van der Waals surface area contributed by atoms with E-state index in [2.05, 4.69) is 19.9 Å². The highest BCUT2D eigenvalue weighted by atomic mass is 16.5. The number of H-pyrrole nitrogens is 1. The normalized spacial score (nSPS) is 16.4. The summed E-state index contributed by atoms with van der Waals surface area (Å²) < 4.78 is 4.61. The molecule has 8 heteroatoms. The molecular formula is C11H17N5O3. The third kappa shape index (κ3) is 3.28. The molecule has 2 heterocycles. The van der Waals surface area contributed by atoms with Crippen LogP contribution in [0.5, 0.6) is 0 Å². The number of hydrogen-bond acceptors (Lipinski definition) is 6. The van der Waals surface area contributed by atoms with E-state index < -0.39 is 0 Å². The molecule has 1 N–H and O–H groups in total. The zero-order valence-corrected chi connectivity index (χ0v) is 11.0. The Morgan fingerprint density at radius 1 is 1.32 bits per heavy atom. The number of hydrogen-bond donors (Lipinski definition) is 1. The van der Waals surface area contributed by atoms with E-state index >= 15 is 0 Å². The van der Waals surface area contributed by atoms with Gasteiger partial charge in [0.1, 0.15) is 5.82 Å². The minimum atomic E-state index is -0.260. The van der Waals surface area contributed by atoms with Gasteiger partial charge in [0.25, 0.3) is 5.91 Å². The monoisotopic (exact) mass is 267 g/mol. The Morgan fingerprint density at radius 2 is 2.00 bits per heavy atom. The van der Waals surface area contributed by atoms with Crippen molar-refractivity contribution in [3.63, 3.8) is 0 Å². The Kier molecular flexibility index (Phi) is 4.10. The molecule has 19 heavy (non-hydrogen) atoms. The zero-order chi connectivity index (χ0) is 13.8. The molecule has 0 spiro atoms. The summed E-state index contributed by atoms with van der Waals surface area (Å²) in [5.41, 5.74) is 0. The molecule has 1 aliphatic rings. The first-order valence-electron chi connectivity index (χ1n) is 6.07. The van der Waals surface area contributed by atoms with Crippen LogP contribution in [0.4, 0.5) is 0 Å². The Balaban J connectivity index is 1.86. The SMILES string of the molecule is COC(=O)CN1CCN(C(=O)c2n[nH]c(C)n2)CC1. The first-order chi connectivity index (χ1) is 9.10. The summed E-state index contributed by atoms with van der Waals surface area (Å²) in [7, 11) is 1.37. The lowest BCUT2D eigenvalue weighted by Crippen LogP contribution is -2.50. The van der Waals surface area contributed by atoms with E-state index in [1.165, 1.54) is 7.11 Å². The molecule has 8 nitrogen and oxygen atoms in total. The standard InChI is InChI=1S/C11H17N5O3/c1-8-12-10(14-13-8)11(18)16-5-3-15(4-6-16)7-9(17)19-2/h3-7H2,1-2H3,(H,12,13,14).